The predicted octanol–water partition coefficient (Wildman–Crippen LogP) is 3.29. The van der Waals surface area contributed by atoms with Crippen molar-refractivity contribution in [2.75, 3.05) is 6.61 Å². The van der Waals surface area contributed by atoms with E-state index in [1.165, 1.54) is 16.7 Å². The van der Waals surface area contributed by atoms with Crippen LogP contribution in [0.3, 0.4) is 0 Å². The van der Waals surface area contributed by atoms with E-state index in [-0.39, 0.29) is 12.0 Å². The number of rotatable bonds is 4. The molecule has 0 N–H and O–H groups in total. The lowest BCUT2D eigenvalue weighted by Gasteiger charge is -2.16. The number of hydrogen-bond acceptors (Lipinski definition) is 3. The number of aromatic nitrogens is 2. The molecule has 0 aliphatic carbocycles. The molecular formula is C16H20N2O2. The van der Waals surface area contributed by atoms with Crippen molar-refractivity contribution < 1.29 is 9.53 Å². The zero-order valence-corrected chi connectivity index (χ0v) is 12.4. The summed E-state index contributed by atoms with van der Waals surface area (Å²) >= 11 is 0. The smallest absolute Gasteiger partial charge is 0.358 e. The van der Waals surface area contributed by atoms with Gasteiger partial charge in [-0.2, -0.15) is 0 Å². The lowest BCUT2D eigenvalue weighted by Crippen LogP contribution is -2.08. The minimum atomic E-state index is -0.376. The van der Waals surface area contributed by atoms with Gasteiger partial charge in [0.15, 0.2) is 5.69 Å². The van der Waals surface area contributed by atoms with Gasteiger partial charge >= 0.3 is 5.97 Å². The van der Waals surface area contributed by atoms with Crippen molar-refractivity contribution in [1.29, 1.82) is 0 Å². The van der Waals surface area contributed by atoms with E-state index in [1.54, 1.807) is 19.4 Å². The zero-order valence-electron chi connectivity index (χ0n) is 12.4. The molecule has 1 aromatic heterocycles. The monoisotopic (exact) mass is 272 g/mol. The summed E-state index contributed by atoms with van der Waals surface area (Å²) in [5.74, 6) is -0.376. The van der Waals surface area contributed by atoms with E-state index >= 15 is 0 Å². The van der Waals surface area contributed by atoms with E-state index in [2.05, 4.69) is 44.0 Å². The predicted molar refractivity (Wildman–Crippen MR) is 77.9 cm³/mol. The van der Waals surface area contributed by atoms with Crippen LogP contribution in [0.25, 0.3) is 0 Å². The van der Waals surface area contributed by atoms with E-state index in [0.29, 0.717) is 12.3 Å². The standard InChI is InChI=1S/C16H20N2O2/c1-5-20-16(19)15-9-18(10-17-15)13(4)14-8-11(2)6-7-12(14)3/h6-10,13H,5H2,1-4H3. The van der Waals surface area contributed by atoms with Crippen LogP contribution in [0.15, 0.2) is 30.7 Å². The van der Waals surface area contributed by atoms with Crippen LogP contribution in [0.4, 0.5) is 0 Å². The molecule has 0 spiro atoms. The van der Waals surface area contributed by atoms with Crippen molar-refractivity contribution in [1.82, 2.24) is 9.55 Å². The van der Waals surface area contributed by atoms with Crippen LogP contribution in [-0.4, -0.2) is 22.1 Å². The second kappa shape index (κ2) is 5.90. The van der Waals surface area contributed by atoms with Gasteiger partial charge in [0.2, 0.25) is 0 Å². The number of carbonyl (C=O) groups excluding carboxylic acids is 1. The van der Waals surface area contributed by atoms with Crippen LogP contribution in [0.1, 0.15) is 47.1 Å². The maximum atomic E-state index is 11.6. The molecule has 0 aliphatic rings. The second-order valence-electron chi connectivity index (χ2n) is 4.96. The lowest BCUT2D eigenvalue weighted by atomic mass is 10.00. The van der Waals surface area contributed by atoms with Gasteiger partial charge in [0, 0.05) is 6.20 Å². The summed E-state index contributed by atoms with van der Waals surface area (Å²) in [7, 11) is 0. The minimum Gasteiger partial charge on any atom is -0.461 e. The fourth-order valence-electron chi connectivity index (χ4n) is 2.23. The molecule has 4 nitrogen and oxygen atoms in total. The first kappa shape index (κ1) is 14.3. The fraction of sp³-hybridized carbons (Fsp3) is 0.375. The topological polar surface area (TPSA) is 44.1 Å². The van der Waals surface area contributed by atoms with Gasteiger partial charge in [-0.15, -0.1) is 0 Å². The molecule has 0 amide bonds. The maximum absolute atomic E-state index is 11.6. The highest BCUT2D eigenvalue weighted by molar-refractivity contribution is 5.86. The van der Waals surface area contributed by atoms with Gasteiger partial charge in [0.25, 0.3) is 0 Å². The van der Waals surface area contributed by atoms with Crippen molar-refractivity contribution in [3.63, 3.8) is 0 Å². The molecule has 0 fully saturated rings. The van der Waals surface area contributed by atoms with Crippen molar-refractivity contribution in [2.45, 2.75) is 33.7 Å². The first-order valence-corrected chi connectivity index (χ1v) is 6.80. The molecule has 0 bridgehead atoms. The number of hydrogen-bond donors (Lipinski definition) is 0. The first-order valence-electron chi connectivity index (χ1n) is 6.80. The first-order chi connectivity index (χ1) is 9.52. The molecular weight excluding hydrogens is 252 g/mol. The van der Waals surface area contributed by atoms with E-state index in [9.17, 15) is 4.79 Å². The Labute approximate surface area is 119 Å². The largest absolute Gasteiger partial charge is 0.461 e. The molecule has 1 unspecified atom stereocenters. The normalized spacial score (nSPS) is 12.2. The van der Waals surface area contributed by atoms with Crippen LogP contribution in [0.5, 0.6) is 0 Å². The summed E-state index contributed by atoms with van der Waals surface area (Å²) in [6.07, 6.45) is 3.42. The summed E-state index contributed by atoms with van der Waals surface area (Å²) in [6.45, 7) is 8.41. The molecule has 0 saturated heterocycles. The molecule has 2 aromatic rings. The highest BCUT2D eigenvalue weighted by Crippen LogP contribution is 2.23. The molecule has 4 heteroatoms. The Bertz CT molecular complexity index is 617. The number of nitrogens with zero attached hydrogens (tertiary/aromatic N) is 2. The molecule has 106 valence electrons. The Morgan fingerprint density at radius 3 is 2.85 bits per heavy atom. The summed E-state index contributed by atoms with van der Waals surface area (Å²) in [6, 6.07) is 6.52. The molecule has 0 aliphatic heterocycles. The quantitative estimate of drug-likeness (QED) is 0.802. The third-order valence-corrected chi connectivity index (χ3v) is 3.42. The van der Waals surface area contributed by atoms with E-state index < -0.39 is 0 Å². The van der Waals surface area contributed by atoms with Crippen LogP contribution in [-0.2, 0) is 4.74 Å². The van der Waals surface area contributed by atoms with Crippen LogP contribution < -0.4 is 0 Å². The molecule has 20 heavy (non-hydrogen) atoms. The van der Waals surface area contributed by atoms with Gasteiger partial charge in [-0.3, -0.25) is 0 Å². The molecule has 1 aromatic carbocycles. The summed E-state index contributed by atoms with van der Waals surface area (Å²) in [5, 5.41) is 0. The SMILES string of the molecule is CCOC(=O)c1cn(C(C)c2cc(C)ccc2C)cn1. The van der Waals surface area contributed by atoms with Crippen molar-refractivity contribution in [2.24, 2.45) is 0 Å². The minimum absolute atomic E-state index is 0.130. The molecule has 1 atom stereocenters. The molecule has 2 rings (SSSR count). The van der Waals surface area contributed by atoms with Gasteiger partial charge in [-0.05, 0) is 38.8 Å². The van der Waals surface area contributed by atoms with Gasteiger partial charge in [-0.25, -0.2) is 9.78 Å². The number of carbonyl (C=O) groups is 1. The third kappa shape index (κ3) is 2.90. The Morgan fingerprint density at radius 1 is 1.40 bits per heavy atom. The number of imidazole rings is 1. The number of aryl methyl sites for hydroxylation is 2. The summed E-state index contributed by atoms with van der Waals surface area (Å²) in [4.78, 5) is 15.8. The van der Waals surface area contributed by atoms with Gasteiger partial charge < -0.3 is 9.30 Å². The van der Waals surface area contributed by atoms with Crippen molar-refractivity contribution in [3.8, 4) is 0 Å². The fourth-order valence-corrected chi connectivity index (χ4v) is 2.23. The second-order valence-corrected chi connectivity index (χ2v) is 4.96. The Kier molecular flexibility index (Phi) is 4.23. The highest BCUT2D eigenvalue weighted by atomic mass is 16.5. The average molecular weight is 272 g/mol. The summed E-state index contributed by atoms with van der Waals surface area (Å²) < 4.78 is 6.89. The van der Waals surface area contributed by atoms with Gasteiger partial charge in [0.1, 0.15) is 0 Å². The molecule has 0 saturated carbocycles. The summed E-state index contributed by atoms with van der Waals surface area (Å²) in [5.41, 5.74) is 4.04. The molecule has 1 heterocycles. The Hall–Kier alpha value is -2.10. The van der Waals surface area contributed by atoms with Crippen LogP contribution >= 0.6 is 0 Å². The lowest BCUT2D eigenvalue weighted by molar-refractivity contribution is 0.0520. The van der Waals surface area contributed by atoms with Gasteiger partial charge in [-0.1, -0.05) is 23.8 Å². The third-order valence-electron chi connectivity index (χ3n) is 3.42. The zero-order chi connectivity index (χ0) is 14.7. The number of esters is 1. The van der Waals surface area contributed by atoms with Crippen molar-refractivity contribution in [3.05, 3.63) is 53.1 Å². The Morgan fingerprint density at radius 2 is 2.15 bits per heavy atom. The van der Waals surface area contributed by atoms with Gasteiger partial charge in [0.05, 0.1) is 19.0 Å². The highest BCUT2D eigenvalue weighted by Gasteiger charge is 2.15. The van der Waals surface area contributed by atoms with Crippen LogP contribution in [0, 0.1) is 13.8 Å². The van der Waals surface area contributed by atoms with Crippen molar-refractivity contribution >= 4 is 5.97 Å². The maximum Gasteiger partial charge on any atom is 0.358 e. The van der Waals surface area contributed by atoms with E-state index in [1.807, 2.05) is 4.57 Å². The number of benzene rings is 1. The van der Waals surface area contributed by atoms with E-state index in [4.69, 9.17) is 4.74 Å². The average Bonchev–Trinajstić information content (AvgIpc) is 2.91. The van der Waals surface area contributed by atoms with Crippen LogP contribution in [0.2, 0.25) is 0 Å². The Balaban J connectivity index is 2.27. The number of ether oxygens (including phenoxy) is 1. The van der Waals surface area contributed by atoms with E-state index in [0.717, 1.165) is 0 Å². The molecule has 0 radical (unpaired) electrons.